The molecule has 3 rings (SSSR count). The van der Waals surface area contributed by atoms with Crippen molar-refractivity contribution in [2.45, 2.75) is 24.8 Å². The number of hydrogen-bond acceptors (Lipinski definition) is 5. The topological polar surface area (TPSA) is 85.7 Å². The first kappa shape index (κ1) is 11.4. The van der Waals surface area contributed by atoms with E-state index in [-0.39, 0.29) is 6.61 Å². The van der Waals surface area contributed by atoms with Crippen LogP contribution in [-0.2, 0) is 4.74 Å². The number of ether oxygens (including phenoxy) is 1. The van der Waals surface area contributed by atoms with E-state index in [0.717, 1.165) is 0 Å². The van der Waals surface area contributed by atoms with Crippen molar-refractivity contribution in [2.75, 3.05) is 12.3 Å². The number of aromatic nitrogens is 3. The van der Waals surface area contributed by atoms with Crippen LogP contribution >= 0.6 is 0 Å². The summed E-state index contributed by atoms with van der Waals surface area (Å²) in [6.45, 7) is 1.28. The van der Waals surface area contributed by atoms with Crippen molar-refractivity contribution in [1.82, 2.24) is 14.6 Å². The summed E-state index contributed by atoms with van der Waals surface area (Å²) in [6, 6.07) is 3.38. The number of alkyl halides is 1. The van der Waals surface area contributed by atoms with Gasteiger partial charge in [0.25, 0.3) is 0 Å². The molecule has 2 aromatic rings. The van der Waals surface area contributed by atoms with E-state index >= 15 is 0 Å². The fourth-order valence-electron chi connectivity index (χ4n) is 2.23. The van der Waals surface area contributed by atoms with E-state index < -0.39 is 17.9 Å². The molecule has 0 aliphatic carbocycles. The lowest BCUT2D eigenvalue weighted by Crippen LogP contribution is -2.35. The normalized spacial score (nSPS) is 32.2. The number of aliphatic hydroxyl groups is 1. The van der Waals surface area contributed by atoms with Gasteiger partial charge in [-0.05, 0) is 19.1 Å². The standard InChI is InChI=1S/C11H13FN4O2/c1-11(12)8(17)4-18-9(11)6-2-3-7-10(13)14-5-15-16(6)7/h2-3,5,8-9,17H,4H2,1H3,(H2,13,14,15)/t8-,9+,11-/m1/s1. The number of aliphatic hydroxyl groups excluding tert-OH is 1. The van der Waals surface area contributed by atoms with E-state index in [0.29, 0.717) is 17.0 Å². The molecule has 0 unspecified atom stereocenters. The Labute approximate surface area is 102 Å². The average Bonchev–Trinajstić information content (AvgIpc) is 2.84. The lowest BCUT2D eigenvalue weighted by molar-refractivity contribution is 0.00262. The minimum atomic E-state index is -1.85. The van der Waals surface area contributed by atoms with Crippen LogP contribution in [0.1, 0.15) is 18.7 Å². The van der Waals surface area contributed by atoms with Gasteiger partial charge in [-0.1, -0.05) is 0 Å². The summed E-state index contributed by atoms with van der Waals surface area (Å²) >= 11 is 0. The maximum absolute atomic E-state index is 14.4. The summed E-state index contributed by atoms with van der Waals surface area (Å²) in [5.41, 5.74) is 4.96. The second kappa shape index (κ2) is 3.63. The molecule has 1 saturated heterocycles. The fourth-order valence-corrected chi connectivity index (χ4v) is 2.23. The van der Waals surface area contributed by atoms with Gasteiger partial charge in [-0.2, -0.15) is 5.10 Å². The Morgan fingerprint density at radius 2 is 2.39 bits per heavy atom. The van der Waals surface area contributed by atoms with Crippen LogP contribution in [0.4, 0.5) is 10.2 Å². The molecule has 1 aliphatic rings. The van der Waals surface area contributed by atoms with Gasteiger partial charge in [-0.3, -0.25) is 0 Å². The Morgan fingerprint density at radius 3 is 3.06 bits per heavy atom. The average molecular weight is 252 g/mol. The van der Waals surface area contributed by atoms with E-state index in [1.807, 2.05) is 0 Å². The molecule has 1 aliphatic heterocycles. The van der Waals surface area contributed by atoms with E-state index in [1.165, 1.54) is 17.8 Å². The number of nitrogen functional groups attached to an aromatic ring is 1. The molecule has 0 amide bonds. The van der Waals surface area contributed by atoms with E-state index in [9.17, 15) is 9.50 Å². The zero-order valence-electron chi connectivity index (χ0n) is 9.75. The van der Waals surface area contributed by atoms with Crippen LogP contribution in [0.2, 0.25) is 0 Å². The smallest absolute Gasteiger partial charge is 0.167 e. The lowest BCUT2D eigenvalue weighted by atomic mass is 9.96. The molecule has 6 nitrogen and oxygen atoms in total. The summed E-state index contributed by atoms with van der Waals surface area (Å²) in [6.07, 6.45) is -0.719. The Hall–Kier alpha value is -1.73. The van der Waals surface area contributed by atoms with Gasteiger partial charge in [0.15, 0.2) is 11.5 Å². The second-order valence-electron chi connectivity index (χ2n) is 4.58. The number of fused-ring (bicyclic) bond motifs is 1. The molecule has 0 bridgehead atoms. The third-order valence-electron chi connectivity index (χ3n) is 3.36. The van der Waals surface area contributed by atoms with Gasteiger partial charge >= 0.3 is 0 Å². The largest absolute Gasteiger partial charge is 0.387 e. The van der Waals surface area contributed by atoms with Gasteiger partial charge in [0.05, 0.1) is 12.3 Å². The number of hydrogen-bond donors (Lipinski definition) is 2. The minimum absolute atomic E-state index is 0.0362. The molecule has 18 heavy (non-hydrogen) atoms. The number of nitrogens with two attached hydrogens (primary N) is 1. The second-order valence-corrected chi connectivity index (χ2v) is 4.58. The third kappa shape index (κ3) is 1.41. The zero-order valence-corrected chi connectivity index (χ0v) is 9.75. The van der Waals surface area contributed by atoms with Crippen molar-refractivity contribution in [3.63, 3.8) is 0 Å². The number of anilines is 1. The molecule has 96 valence electrons. The molecular weight excluding hydrogens is 239 g/mol. The highest BCUT2D eigenvalue weighted by molar-refractivity contribution is 5.65. The van der Waals surface area contributed by atoms with Crippen molar-refractivity contribution in [2.24, 2.45) is 0 Å². The van der Waals surface area contributed by atoms with Gasteiger partial charge in [0.2, 0.25) is 0 Å². The summed E-state index contributed by atoms with van der Waals surface area (Å²) in [4.78, 5) is 3.86. The first-order valence-electron chi connectivity index (χ1n) is 5.58. The Balaban J connectivity index is 2.13. The van der Waals surface area contributed by atoms with Gasteiger partial charge in [0, 0.05) is 0 Å². The van der Waals surface area contributed by atoms with Crippen molar-refractivity contribution in [3.8, 4) is 0 Å². The highest BCUT2D eigenvalue weighted by Gasteiger charge is 2.50. The highest BCUT2D eigenvalue weighted by Crippen LogP contribution is 2.41. The Morgan fingerprint density at radius 1 is 1.61 bits per heavy atom. The molecule has 3 N–H and O–H groups in total. The Kier molecular flexibility index (Phi) is 2.29. The number of halogens is 1. The number of rotatable bonds is 1. The van der Waals surface area contributed by atoms with Gasteiger partial charge < -0.3 is 15.6 Å². The molecule has 3 heterocycles. The van der Waals surface area contributed by atoms with Crippen LogP contribution in [0.15, 0.2) is 18.5 Å². The van der Waals surface area contributed by atoms with Crippen molar-refractivity contribution >= 4 is 11.3 Å². The van der Waals surface area contributed by atoms with Crippen LogP contribution in [0.3, 0.4) is 0 Å². The van der Waals surface area contributed by atoms with Crippen molar-refractivity contribution < 1.29 is 14.2 Å². The van der Waals surface area contributed by atoms with Crippen LogP contribution in [0.25, 0.3) is 5.52 Å². The maximum atomic E-state index is 14.4. The molecule has 0 saturated carbocycles. The van der Waals surface area contributed by atoms with Crippen LogP contribution in [0.5, 0.6) is 0 Å². The van der Waals surface area contributed by atoms with E-state index in [4.69, 9.17) is 10.5 Å². The summed E-state index contributed by atoms with van der Waals surface area (Å²) in [5.74, 6) is 0.315. The molecule has 0 aromatic carbocycles. The Bertz CT molecular complexity index is 598. The molecule has 0 radical (unpaired) electrons. The lowest BCUT2D eigenvalue weighted by Gasteiger charge is -2.23. The van der Waals surface area contributed by atoms with E-state index in [1.54, 1.807) is 12.1 Å². The summed E-state index contributed by atoms with van der Waals surface area (Å²) in [7, 11) is 0. The summed E-state index contributed by atoms with van der Waals surface area (Å²) in [5, 5.41) is 13.6. The van der Waals surface area contributed by atoms with Crippen LogP contribution < -0.4 is 5.73 Å². The summed E-state index contributed by atoms with van der Waals surface area (Å²) < 4.78 is 21.2. The molecule has 2 aromatic heterocycles. The first-order chi connectivity index (χ1) is 8.51. The van der Waals surface area contributed by atoms with Crippen molar-refractivity contribution in [1.29, 1.82) is 0 Å². The number of nitrogens with zero attached hydrogens (tertiary/aromatic N) is 3. The molecule has 1 fully saturated rings. The SMILES string of the molecule is C[C@@]1(F)[C@H](O)CO[C@H]1c1ccc2c(N)ncnn12. The quantitative estimate of drug-likeness (QED) is 0.770. The van der Waals surface area contributed by atoms with Gasteiger partial charge in [-0.25, -0.2) is 13.9 Å². The molecule has 7 heteroatoms. The monoisotopic (exact) mass is 252 g/mol. The fraction of sp³-hybridized carbons (Fsp3) is 0.455. The van der Waals surface area contributed by atoms with E-state index in [2.05, 4.69) is 10.1 Å². The predicted octanol–water partition coefficient (Wildman–Crippen LogP) is 0.472. The first-order valence-corrected chi connectivity index (χ1v) is 5.58. The van der Waals surface area contributed by atoms with Gasteiger partial charge in [0.1, 0.15) is 24.1 Å². The van der Waals surface area contributed by atoms with Crippen LogP contribution in [-0.4, -0.2) is 38.1 Å². The predicted molar refractivity (Wildman–Crippen MR) is 61.6 cm³/mol. The third-order valence-corrected chi connectivity index (χ3v) is 3.36. The molecular formula is C11H13FN4O2. The minimum Gasteiger partial charge on any atom is -0.387 e. The maximum Gasteiger partial charge on any atom is 0.167 e. The highest BCUT2D eigenvalue weighted by atomic mass is 19.1. The van der Waals surface area contributed by atoms with Gasteiger partial charge in [-0.15, -0.1) is 0 Å². The molecule has 3 atom stereocenters. The zero-order chi connectivity index (χ0) is 12.9. The van der Waals surface area contributed by atoms with Crippen molar-refractivity contribution in [3.05, 3.63) is 24.2 Å². The molecule has 0 spiro atoms. The van der Waals surface area contributed by atoms with Crippen LogP contribution in [0, 0.1) is 0 Å².